The normalized spacial score (nSPS) is 17.5. The van der Waals surface area contributed by atoms with Crippen LogP contribution in [0.4, 0.5) is 4.79 Å². The minimum Gasteiger partial charge on any atom is -0.491 e. The summed E-state index contributed by atoms with van der Waals surface area (Å²) in [6, 6.07) is 26.7. The van der Waals surface area contributed by atoms with Crippen molar-refractivity contribution in [2.75, 3.05) is 39.2 Å². The first kappa shape index (κ1) is 27.0. The molecular weight excluding hydrogens is 486 g/mol. The molecule has 37 heavy (non-hydrogen) atoms. The van der Waals surface area contributed by atoms with Crippen LogP contribution in [0, 0.1) is 0 Å². The van der Waals surface area contributed by atoms with Gasteiger partial charge in [0, 0.05) is 17.4 Å². The van der Waals surface area contributed by atoms with Gasteiger partial charge in [0.05, 0.1) is 32.5 Å². The predicted molar refractivity (Wildman–Crippen MR) is 147 cm³/mol. The molecule has 1 aliphatic heterocycles. The molecule has 2 atom stereocenters. The van der Waals surface area contributed by atoms with E-state index in [9.17, 15) is 9.90 Å². The number of amides is 1. The Labute approximate surface area is 223 Å². The zero-order valence-electron chi connectivity index (χ0n) is 21.3. The third-order valence-corrected chi connectivity index (χ3v) is 7.38. The Morgan fingerprint density at radius 1 is 0.946 bits per heavy atom. The lowest BCUT2D eigenvalue weighted by Crippen LogP contribution is -2.46. The number of piperidine rings is 1. The van der Waals surface area contributed by atoms with Gasteiger partial charge in [-0.25, -0.2) is 4.79 Å². The topological polar surface area (TPSA) is 68.2 Å². The van der Waals surface area contributed by atoms with Crippen molar-refractivity contribution in [2.45, 2.75) is 36.4 Å². The van der Waals surface area contributed by atoms with Crippen LogP contribution in [0.5, 0.6) is 5.75 Å². The maximum absolute atomic E-state index is 11.6. The molecule has 196 valence electrons. The van der Waals surface area contributed by atoms with Crippen LogP contribution < -0.4 is 4.74 Å². The molecule has 0 radical (unpaired) electrons. The van der Waals surface area contributed by atoms with E-state index in [1.54, 1.807) is 11.8 Å². The summed E-state index contributed by atoms with van der Waals surface area (Å²) in [6.45, 7) is 3.02. The van der Waals surface area contributed by atoms with Gasteiger partial charge in [0.1, 0.15) is 12.4 Å². The number of nitrogens with zero attached hydrogens (tertiary/aromatic N) is 1. The van der Waals surface area contributed by atoms with Crippen LogP contribution in [0.1, 0.15) is 29.0 Å². The number of rotatable bonds is 12. The fourth-order valence-corrected chi connectivity index (χ4v) is 4.94. The van der Waals surface area contributed by atoms with Gasteiger partial charge in [-0.15, -0.1) is 11.8 Å². The third-order valence-electron chi connectivity index (χ3n) is 6.64. The maximum Gasteiger partial charge on any atom is 0.407 e. The lowest BCUT2D eigenvalue weighted by Gasteiger charge is -2.37. The molecule has 1 N–H and O–H groups in total. The van der Waals surface area contributed by atoms with Crippen molar-refractivity contribution >= 4 is 17.9 Å². The van der Waals surface area contributed by atoms with E-state index in [0.29, 0.717) is 39.5 Å². The van der Waals surface area contributed by atoms with Crippen LogP contribution in [-0.2, 0) is 22.5 Å². The van der Waals surface area contributed by atoms with Gasteiger partial charge in [0.2, 0.25) is 0 Å². The van der Waals surface area contributed by atoms with Gasteiger partial charge in [0.15, 0.2) is 0 Å². The van der Waals surface area contributed by atoms with Crippen molar-refractivity contribution in [3.05, 3.63) is 95.6 Å². The zero-order chi connectivity index (χ0) is 25.9. The molecule has 1 aliphatic rings. The standard InChI is InChI=1S/C30H35NO5S/c1-37-27-13-7-24(8-14-27)22-36-29-21-31(30(32)33)17-15-28(29)25-9-11-26(12-10-25)35-20-19-34-18-16-23-5-3-2-4-6-23/h2-14,28-29H,15-22H2,1H3,(H,32,33). The lowest BCUT2D eigenvalue weighted by atomic mass is 9.87. The molecule has 0 bridgehead atoms. The molecule has 1 amide bonds. The molecule has 0 aromatic heterocycles. The molecule has 0 spiro atoms. The summed E-state index contributed by atoms with van der Waals surface area (Å²) in [7, 11) is 0. The number of hydrogen-bond donors (Lipinski definition) is 1. The van der Waals surface area contributed by atoms with Crippen LogP contribution in [-0.4, -0.2) is 61.4 Å². The van der Waals surface area contributed by atoms with Gasteiger partial charge in [-0.2, -0.15) is 0 Å². The Bertz CT molecular complexity index is 1090. The second kappa shape index (κ2) is 14.1. The van der Waals surface area contributed by atoms with E-state index < -0.39 is 6.09 Å². The highest BCUT2D eigenvalue weighted by molar-refractivity contribution is 7.98. The van der Waals surface area contributed by atoms with Crippen LogP contribution in [0.2, 0.25) is 0 Å². The van der Waals surface area contributed by atoms with E-state index in [-0.39, 0.29) is 12.0 Å². The summed E-state index contributed by atoms with van der Waals surface area (Å²) < 4.78 is 17.9. The molecular formula is C30H35NO5S. The minimum absolute atomic E-state index is 0.122. The first-order valence-electron chi connectivity index (χ1n) is 12.7. The number of carboxylic acid groups (broad SMARTS) is 1. The lowest BCUT2D eigenvalue weighted by molar-refractivity contribution is -0.0199. The largest absolute Gasteiger partial charge is 0.491 e. The number of likely N-dealkylation sites (tertiary alicyclic amines) is 1. The van der Waals surface area contributed by atoms with E-state index >= 15 is 0 Å². The van der Waals surface area contributed by atoms with Gasteiger partial charge < -0.3 is 24.2 Å². The SMILES string of the molecule is CSc1ccc(COC2CN(C(=O)O)CCC2c2ccc(OCCOCCc3ccccc3)cc2)cc1. The van der Waals surface area contributed by atoms with Crippen molar-refractivity contribution < 1.29 is 24.1 Å². The summed E-state index contributed by atoms with van der Waals surface area (Å²) >= 11 is 1.70. The fourth-order valence-electron chi connectivity index (χ4n) is 4.53. The van der Waals surface area contributed by atoms with Crippen molar-refractivity contribution in [3.63, 3.8) is 0 Å². The van der Waals surface area contributed by atoms with Gasteiger partial charge in [-0.3, -0.25) is 0 Å². The van der Waals surface area contributed by atoms with Crippen molar-refractivity contribution in [3.8, 4) is 5.75 Å². The average Bonchev–Trinajstić information content (AvgIpc) is 2.95. The van der Waals surface area contributed by atoms with Crippen LogP contribution in [0.15, 0.2) is 83.8 Å². The van der Waals surface area contributed by atoms with Crippen LogP contribution in [0.3, 0.4) is 0 Å². The third kappa shape index (κ3) is 8.25. The smallest absolute Gasteiger partial charge is 0.407 e. The predicted octanol–water partition coefficient (Wildman–Crippen LogP) is 6.10. The summed E-state index contributed by atoms with van der Waals surface area (Å²) in [6.07, 6.45) is 2.55. The highest BCUT2D eigenvalue weighted by Crippen LogP contribution is 2.32. The number of thioether (sulfide) groups is 1. The Morgan fingerprint density at radius 2 is 1.70 bits per heavy atom. The Hall–Kier alpha value is -3.00. The average molecular weight is 522 g/mol. The molecule has 7 heteroatoms. The molecule has 6 nitrogen and oxygen atoms in total. The molecule has 4 rings (SSSR count). The minimum atomic E-state index is -0.897. The van der Waals surface area contributed by atoms with Crippen LogP contribution >= 0.6 is 11.8 Å². The molecule has 3 aromatic carbocycles. The quantitative estimate of drug-likeness (QED) is 0.229. The van der Waals surface area contributed by atoms with Crippen molar-refractivity contribution in [1.29, 1.82) is 0 Å². The monoisotopic (exact) mass is 521 g/mol. The van der Waals surface area contributed by atoms with Gasteiger partial charge >= 0.3 is 6.09 Å². The fraction of sp³-hybridized carbons (Fsp3) is 0.367. The van der Waals surface area contributed by atoms with Gasteiger partial charge in [-0.05, 0) is 60.1 Å². The Kier molecular flexibility index (Phi) is 10.3. The van der Waals surface area contributed by atoms with Gasteiger partial charge in [-0.1, -0.05) is 54.6 Å². The summed E-state index contributed by atoms with van der Waals surface area (Å²) in [4.78, 5) is 14.3. The van der Waals surface area contributed by atoms with Crippen molar-refractivity contribution in [2.24, 2.45) is 0 Å². The molecule has 1 heterocycles. The summed E-state index contributed by atoms with van der Waals surface area (Å²) in [5.74, 6) is 0.918. The highest BCUT2D eigenvalue weighted by atomic mass is 32.2. The highest BCUT2D eigenvalue weighted by Gasteiger charge is 2.33. The van der Waals surface area contributed by atoms with E-state index in [4.69, 9.17) is 14.2 Å². The molecule has 2 unspecified atom stereocenters. The van der Waals surface area contributed by atoms with Crippen LogP contribution in [0.25, 0.3) is 0 Å². The first-order valence-corrected chi connectivity index (χ1v) is 13.9. The zero-order valence-corrected chi connectivity index (χ0v) is 22.1. The number of benzene rings is 3. The molecule has 1 saturated heterocycles. The second-order valence-electron chi connectivity index (χ2n) is 9.09. The van der Waals surface area contributed by atoms with Crippen molar-refractivity contribution in [1.82, 2.24) is 4.90 Å². The van der Waals surface area contributed by atoms with E-state index in [1.807, 2.05) is 30.3 Å². The number of ether oxygens (including phenoxy) is 3. The first-order chi connectivity index (χ1) is 18.1. The number of carbonyl (C=O) groups is 1. The molecule has 0 saturated carbocycles. The Balaban J connectivity index is 1.27. The molecule has 0 aliphatic carbocycles. The molecule has 3 aromatic rings. The van der Waals surface area contributed by atoms with E-state index in [1.165, 1.54) is 15.4 Å². The van der Waals surface area contributed by atoms with Gasteiger partial charge in [0.25, 0.3) is 0 Å². The maximum atomic E-state index is 11.6. The number of hydrogen-bond acceptors (Lipinski definition) is 5. The second-order valence-corrected chi connectivity index (χ2v) is 9.97. The Morgan fingerprint density at radius 3 is 2.41 bits per heavy atom. The van der Waals surface area contributed by atoms with E-state index in [2.05, 4.69) is 54.8 Å². The summed E-state index contributed by atoms with van der Waals surface area (Å²) in [5.41, 5.74) is 3.49. The summed E-state index contributed by atoms with van der Waals surface area (Å²) in [5, 5.41) is 9.53. The molecule has 1 fully saturated rings. The van der Waals surface area contributed by atoms with E-state index in [0.717, 1.165) is 29.7 Å².